The molecule has 0 aromatic carbocycles. The van der Waals surface area contributed by atoms with E-state index in [2.05, 4.69) is 20.4 Å². The van der Waals surface area contributed by atoms with Crippen molar-refractivity contribution in [3.8, 4) is 0 Å². The van der Waals surface area contributed by atoms with Crippen molar-refractivity contribution in [3.05, 3.63) is 33.6 Å². The minimum atomic E-state index is 0.0554. The molecule has 7 heteroatoms. The summed E-state index contributed by atoms with van der Waals surface area (Å²) in [6.45, 7) is 8.55. The standard InChI is InChI=1S/C16H20N4O2S/c1-10-15(8-22-18-10)16(21)20-5-12-3-19(4-13(12)6-20)7-14-9-23-11(2)17-14/h8-9,12-13H,3-7H2,1-2H3/t12-,13+. The van der Waals surface area contributed by atoms with E-state index >= 15 is 0 Å². The summed E-state index contributed by atoms with van der Waals surface area (Å²) in [4.78, 5) is 21.5. The zero-order valence-corrected chi connectivity index (χ0v) is 14.2. The molecule has 4 rings (SSSR count). The van der Waals surface area contributed by atoms with Crippen molar-refractivity contribution >= 4 is 17.2 Å². The fourth-order valence-electron chi connectivity index (χ4n) is 3.76. The molecule has 2 aromatic heterocycles. The molecular weight excluding hydrogens is 312 g/mol. The minimum absolute atomic E-state index is 0.0554. The maximum absolute atomic E-state index is 12.5. The molecule has 2 aromatic rings. The number of likely N-dealkylation sites (tertiary alicyclic amines) is 2. The smallest absolute Gasteiger partial charge is 0.259 e. The van der Waals surface area contributed by atoms with Crippen LogP contribution in [0.2, 0.25) is 0 Å². The molecule has 2 aliphatic rings. The summed E-state index contributed by atoms with van der Waals surface area (Å²) in [6, 6.07) is 0. The van der Waals surface area contributed by atoms with Gasteiger partial charge in [-0.2, -0.15) is 0 Å². The Morgan fingerprint density at radius 3 is 2.61 bits per heavy atom. The highest BCUT2D eigenvalue weighted by atomic mass is 32.1. The van der Waals surface area contributed by atoms with Gasteiger partial charge in [0.15, 0.2) is 0 Å². The third-order valence-electron chi connectivity index (χ3n) is 4.88. The van der Waals surface area contributed by atoms with E-state index < -0.39 is 0 Å². The largest absolute Gasteiger partial charge is 0.364 e. The van der Waals surface area contributed by atoms with E-state index in [4.69, 9.17) is 4.52 Å². The molecule has 1 amide bonds. The Morgan fingerprint density at radius 2 is 2.04 bits per heavy atom. The van der Waals surface area contributed by atoms with Crippen molar-refractivity contribution in [3.63, 3.8) is 0 Å². The van der Waals surface area contributed by atoms with Gasteiger partial charge in [0.05, 0.1) is 16.4 Å². The summed E-state index contributed by atoms with van der Waals surface area (Å²) in [5, 5.41) is 7.08. The summed E-state index contributed by atoms with van der Waals surface area (Å²) in [5.74, 6) is 1.19. The third kappa shape index (κ3) is 2.79. The normalized spacial score (nSPS) is 24.3. The van der Waals surface area contributed by atoms with Gasteiger partial charge in [0.1, 0.15) is 11.8 Å². The van der Waals surface area contributed by atoms with Gasteiger partial charge in [-0.3, -0.25) is 9.69 Å². The molecule has 4 heterocycles. The molecule has 0 bridgehead atoms. The molecule has 0 radical (unpaired) electrons. The lowest BCUT2D eigenvalue weighted by atomic mass is 10.0. The Bertz CT molecular complexity index is 711. The number of carbonyl (C=O) groups is 1. The first-order valence-electron chi connectivity index (χ1n) is 7.94. The van der Waals surface area contributed by atoms with Crippen molar-refractivity contribution in [1.29, 1.82) is 0 Å². The Labute approximate surface area is 139 Å². The number of rotatable bonds is 3. The molecule has 0 unspecified atom stereocenters. The number of thiazole rings is 1. The zero-order chi connectivity index (χ0) is 16.0. The topological polar surface area (TPSA) is 62.5 Å². The molecule has 0 saturated carbocycles. The fraction of sp³-hybridized carbons (Fsp3) is 0.562. The van der Waals surface area contributed by atoms with Crippen molar-refractivity contribution in [1.82, 2.24) is 19.9 Å². The molecule has 2 aliphatic heterocycles. The van der Waals surface area contributed by atoms with Crippen LogP contribution in [0, 0.1) is 25.7 Å². The molecule has 2 fully saturated rings. The van der Waals surface area contributed by atoms with Gasteiger partial charge in [-0.05, 0) is 25.7 Å². The maximum Gasteiger partial charge on any atom is 0.259 e. The third-order valence-corrected chi connectivity index (χ3v) is 5.70. The maximum atomic E-state index is 12.5. The van der Waals surface area contributed by atoms with Crippen LogP contribution in [0.1, 0.15) is 26.8 Å². The Kier molecular flexibility index (Phi) is 3.69. The highest BCUT2D eigenvalue weighted by Crippen LogP contribution is 2.33. The zero-order valence-electron chi connectivity index (χ0n) is 13.4. The van der Waals surface area contributed by atoms with Crippen LogP contribution in [0.4, 0.5) is 0 Å². The number of fused-ring (bicyclic) bond motifs is 1. The molecule has 0 aliphatic carbocycles. The van der Waals surface area contributed by atoms with Crippen LogP contribution in [0.3, 0.4) is 0 Å². The van der Waals surface area contributed by atoms with Crippen molar-refractivity contribution < 1.29 is 9.32 Å². The van der Waals surface area contributed by atoms with Crippen molar-refractivity contribution in [2.24, 2.45) is 11.8 Å². The molecule has 6 nitrogen and oxygen atoms in total. The van der Waals surface area contributed by atoms with Gasteiger partial charge in [-0.15, -0.1) is 11.3 Å². The van der Waals surface area contributed by atoms with Gasteiger partial charge in [-0.25, -0.2) is 4.98 Å². The molecule has 2 saturated heterocycles. The lowest BCUT2D eigenvalue weighted by molar-refractivity contribution is 0.0772. The van der Waals surface area contributed by atoms with Crippen molar-refractivity contribution in [2.45, 2.75) is 20.4 Å². The van der Waals surface area contributed by atoms with E-state index in [1.165, 1.54) is 12.0 Å². The van der Waals surface area contributed by atoms with Crippen LogP contribution in [-0.4, -0.2) is 52.0 Å². The van der Waals surface area contributed by atoms with Crippen LogP contribution in [0.15, 0.2) is 16.2 Å². The summed E-state index contributed by atoms with van der Waals surface area (Å²) >= 11 is 1.71. The minimum Gasteiger partial charge on any atom is -0.364 e. The number of hydrogen-bond acceptors (Lipinski definition) is 6. The monoisotopic (exact) mass is 332 g/mol. The number of amides is 1. The Morgan fingerprint density at radius 1 is 1.30 bits per heavy atom. The first kappa shape index (κ1) is 14.8. The van der Waals surface area contributed by atoms with Crippen LogP contribution >= 0.6 is 11.3 Å². The summed E-state index contributed by atoms with van der Waals surface area (Å²) in [7, 11) is 0. The average Bonchev–Trinajstić information content (AvgIpc) is 3.23. The van der Waals surface area contributed by atoms with Crippen LogP contribution in [0.25, 0.3) is 0 Å². The van der Waals surface area contributed by atoms with E-state index in [1.54, 1.807) is 11.3 Å². The predicted octanol–water partition coefficient (Wildman–Crippen LogP) is 1.95. The second-order valence-electron chi connectivity index (χ2n) is 6.60. The van der Waals surface area contributed by atoms with E-state index in [0.717, 1.165) is 37.7 Å². The highest BCUT2D eigenvalue weighted by molar-refractivity contribution is 7.09. The first-order chi connectivity index (χ1) is 11.1. The Balaban J connectivity index is 1.36. The first-order valence-corrected chi connectivity index (χ1v) is 8.81. The second-order valence-corrected chi connectivity index (χ2v) is 7.66. The quantitative estimate of drug-likeness (QED) is 0.860. The second kappa shape index (κ2) is 5.72. The van der Waals surface area contributed by atoms with Gasteiger partial charge in [0.25, 0.3) is 5.91 Å². The van der Waals surface area contributed by atoms with Gasteiger partial charge in [-0.1, -0.05) is 5.16 Å². The predicted molar refractivity (Wildman–Crippen MR) is 86.3 cm³/mol. The van der Waals surface area contributed by atoms with Gasteiger partial charge in [0.2, 0.25) is 0 Å². The van der Waals surface area contributed by atoms with Crippen LogP contribution in [-0.2, 0) is 6.54 Å². The molecule has 0 spiro atoms. The lowest BCUT2D eigenvalue weighted by Crippen LogP contribution is -2.33. The number of carbonyl (C=O) groups excluding carboxylic acids is 1. The highest BCUT2D eigenvalue weighted by Gasteiger charge is 2.42. The SMILES string of the molecule is Cc1nc(CN2C[C@@H]3CN(C(=O)c4conc4C)C[C@@H]3C2)cs1. The Hall–Kier alpha value is -1.73. The number of hydrogen-bond donors (Lipinski definition) is 0. The van der Waals surface area contributed by atoms with Crippen LogP contribution < -0.4 is 0 Å². The summed E-state index contributed by atoms with van der Waals surface area (Å²) in [6.07, 6.45) is 1.46. The molecule has 2 atom stereocenters. The van der Waals surface area contributed by atoms with Gasteiger partial charge >= 0.3 is 0 Å². The van der Waals surface area contributed by atoms with Crippen LogP contribution in [0.5, 0.6) is 0 Å². The van der Waals surface area contributed by atoms with E-state index in [0.29, 0.717) is 23.1 Å². The molecular formula is C16H20N4O2S. The summed E-state index contributed by atoms with van der Waals surface area (Å²) in [5.41, 5.74) is 2.44. The number of aromatic nitrogens is 2. The van der Waals surface area contributed by atoms with E-state index in [-0.39, 0.29) is 5.91 Å². The lowest BCUT2D eigenvalue weighted by Gasteiger charge is -2.20. The van der Waals surface area contributed by atoms with Crippen molar-refractivity contribution in [2.75, 3.05) is 26.2 Å². The van der Waals surface area contributed by atoms with Gasteiger partial charge in [0, 0.05) is 38.1 Å². The van der Waals surface area contributed by atoms with Gasteiger partial charge < -0.3 is 9.42 Å². The number of aryl methyl sites for hydroxylation is 2. The fourth-order valence-corrected chi connectivity index (χ4v) is 4.37. The van der Waals surface area contributed by atoms with E-state index in [1.807, 2.05) is 18.7 Å². The van der Waals surface area contributed by atoms with E-state index in [9.17, 15) is 4.79 Å². The average molecular weight is 332 g/mol. The summed E-state index contributed by atoms with van der Waals surface area (Å²) < 4.78 is 4.89. The number of nitrogens with zero attached hydrogens (tertiary/aromatic N) is 4. The molecule has 122 valence electrons. The molecule has 0 N–H and O–H groups in total. The molecule has 23 heavy (non-hydrogen) atoms.